The number of rotatable bonds is 7. The van der Waals surface area contributed by atoms with Crippen LogP contribution in [0.25, 0.3) is 11.3 Å². The van der Waals surface area contributed by atoms with Crippen LogP contribution >= 0.6 is 0 Å². The third-order valence-electron chi connectivity index (χ3n) is 7.34. The van der Waals surface area contributed by atoms with E-state index in [1.54, 1.807) is 23.0 Å². The molecule has 1 N–H and O–H groups in total. The number of aliphatic imine (C=N–C) groups is 1. The number of halogens is 2. The average Bonchev–Trinajstić information content (AvgIpc) is 2.95. The SMILES string of the molecule is C=CC(=O)N1CCN(C(=NC=O)c2cc(F)c(-c3c(O)cccc3F)nc2N(C)c2c(C)ccnc2C(C)C)[C@@H](C)C1. The standard InChI is InChI=1S/C31H34F2N6O3/c1-7-25(42)38-13-14-39(20(5)16-38)30(35-17-40)21-15-23(33)28(26-22(32)9-8-10-24(26)41)36-31(21)37(6)29-19(4)11-12-34-27(29)18(2)3/h7-12,15,17-18,20,41H,1,13-14,16H2,2-6H3/t20-/m0/s1. The van der Waals surface area contributed by atoms with Gasteiger partial charge in [0.05, 0.1) is 22.5 Å². The minimum absolute atomic E-state index is 0.0138. The summed E-state index contributed by atoms with van der Waals surface area (Å²) in [6.45, 7) is 12.3. The number of aromatic nitrogens is 2. The predicted octanol–water partition coefficient (Wildman–Crippen LogP) is 4.95. The highest BCUT2D eigenvalue weighted by atomic mass is 19.1. The normalized spacial score (nSPS) is 15.6. The van der Waals surface area contributed by atoms with Gasteiger partial charge in [-0.15, -0.1) is 0 Å². The first-order chi connectivity index (χ1) is 20.0. The monoisotopic (exact) mass is 576 g/mol. The number of hydrogen-bond donors (Lipinski definition) is 1. The van der Waals surface area contributed by atoms with Crippen LogP contribution in [0.2, 0.25) is 0 Å². The average molecular weight is 577 g/mol. The van der Waals surface area contributed by atoms with Crippen molar-refractivity contribution < 1.29 is 23.5 Å². The molecule has 2 amide bonds. The van der Waals surface area contributed by atoms with E-state index in [2.05, 4.69) is 21.5 Å². The van der Waals surface area contributed by atoms with Gasteiger partial charge in [0.25, 0.3) is 0 Å². The maximum Gasteiger partial charge on any atom is 0.246 e. The van der Waals surface area contributed by atoms with Gasteiger partial charge < -0.3 is 19.8 Å². The molecule has 3 heterocycles. The summed E-state index contributed by atoms with van der Waals surface area (Å²) in [5, 5.41) is 10.5. The van der Waals surface area contributed by atoms with E-state index in [1.807, 2.05) is 38.7 Å². The van der Waals surface area contributed by atoms with E-state index in [4.69, 9.17) is 0 Å². The minimum atomic E-state index is -0.915. The molecule has 220 valence electrons. The molecule has 0 saturated carbocycles. The number of pyridine rings is 2. The fraction of sp³-hybridized carbons (Fsp3) is 0.323. The highest BCUT2D eigenvalue weighted by Crippen LogP contribution is 2.39. The van der Waals surface area contributed by atoms with Gasteiger partial charge in [-0.3, -0.25) is 14.6 Å². The van der Waals surface area contributed by atoms with E-state index in [0.29, 0.717) is 31.7 Å². The van der Waals surface area contributed by atoms with Gasteiger partial charge in [0, 0.05) is 38.9 Å². The number of aryl methyl sites for hydroxylation is 1. The summed E-state index contributed by atoms with van der Waals surface area (Å²) in [7, 11) is 1.73. The van der Waals surface area contributed by atoms with E-state index in [-0.39, 0.29) is 40.6 Å². The van der Waals surface area contributed by atoms with Gasteiger partial charge in [-0.1, -0.05) is 26.5 Å². The number of hydrogen-bond acceptors (Lipinski definition) is 6. The van der Waals surface area contributed by atoms with Crippen LogP contribution in [0.5, 0.6) is 5.75 Å². The van der Waals surface area contributed by atoms with Crippen molar-refractivity contribution in [2.75, 3.05) is 31.6 Å². The molecule has 1 atom stereocenters. The summed E-state index contributed by atoms with van der Waals surface area (Å²) in [4.78, 5) is 42.6. The smallest absolute Gasteiger partial charge is 0.246 e. The van der Waals surface area contributed by atoms with E-state index in [9.17, 15) is 19.1 Å². The Balaban J connectivity index is 1.97. The lowest BCUT2D eigenvalue weighted by Crippen LogP contribution is -2.55. The molecule has 42 heavy (non-hydrogen) atoms. The molecule has 0 unspecified atom stereocenters. The minimum Gasteiger partial charge on any atom is -0.507 e. The zero-order chi connectivity index (χ0) is 30.7. The first-order valence-electron chi connectivity index (χ1n) is 13.6. The second kappa shape index (κ2) is 12.5. The summed E-state index contributed by atoms with van der Waals surface area (Å²) in [5.41, 5.74) is 1.71. The van der Waals surface area contributed by atoms with Crippen LogP contribution in [-0.4, -0.2) is 75.8 Å². The van der Waals surface area contributed by atoms with Crippen molar-refractivity contribution in [3.63, 3.8) is 0 Å². The van der Waals surface area contributed by atoms with Gasteiger partial charge >= 0.3 is 0 Å². The molecule has 0 aliphatic carbocycles. The summed E-state index contributed by atoms with van der Waals surface area (Å²) in [6.07, 6.45) is 3.32. The second-order valence-electron chi connectivity index (χ2n) is 10.5. The Bertz CT molecular complexity index is 1540. The largest absolute Gasteiger partial charge is 0.507 e. The van der Waals surface area contributed by atoms with Gasteiger partial charge in [-0.2, -0.15) is 4.99 Å². The number of anilines is 2. The van der Waals surface area contributed by atoms with E-state index >= 15 is 4.39 Å². The number of piperazine rings is 1. The Hall–Kier alpha value is -4.67. The predicted molar refractivity (Wildman–Crippen MR) is 158 cm³/mol. The third kappa shape index (κ3) is 5.72. The summed E-state index contributed by atoms with van der Waals surface area (Å²) in [6, 6.07) is 6.36. The Kier molecular flexibility index (Phi) is 8.99. The Morgan fingerprint density at radius 1 is 1.24 bits per heavy atom. The van der Waals surface area contributed by atoms with Gasteiger partial charge in [-0.25, -0.2) is 13.8 Å². The highest BCUT2D eigenvalue weighted by molar-refractivity contribution is 6.07. The first-order valence-corrected chi connectivity index (χ1v) is 13.6. The van der Waals surface area contributed by atoms with Gasteiger partial charge in [0.2, 0.25) is 12.3 Å². The quantitative estimate of drug-likeness (QED) is 0.184. The molecule has 2 aromatic heterocycles. The summed E-state index contributed by atoms with van der Waals surface area (Å²) in [5.74, 6) is -2.12. The number of phenols is 1. The van der Waals surface area contributed by atoms with Crippen molar-refractivity contribution >= 4 is 29.7 Å². The van der Waals surface area contributed by atoms with Crippen LogP contribution in [-0.2, 0) is 9.59 Å². The van der Waals surface area contributed by atoms with E-state index in [0.717, 1.165) is 23.4 Å². The molecule has 11 heteroatoms. The first kappa shape index (κ1) is 30.3. The van der Waals surface area contributed by atoms with E-state index < -0.39 is 23.1 Å². The maximum absolute atomic E-state index is 15.9. The molecular formula is C31H34F2N6O3. The number of amidine groups is 1. The highest BCUT2D eigenvalue weighted by Gasteiger charge is 2.32. The number of benzene rings is 1. The number of amides is 2. The Labute approximate surface area is 243 Å². The Morgan fingerprint density at radius 3 is 2.60 bits per heavy atom. The molecule has 9 nitrogen and oxygen atoms in total. The van der Waals surface area contributed by atoms with Crippen LogP contribution in [0.1, 0.15) is 43.5 Å². The molecule has 0 bridgehead atoms. The molecule has 1 aliphatic rings. The molecule has 1 fully saturated rings. The maximum atomic E-state index is 15.9. The summed E-state index contributed by atoms with van der Waals surface area (Å²) < 4.78 is 30.9. The van der Waals surface area contributed by atoms with Crippen molar-refractivity contribution in [3.8, 4) is 17.0 Å². The zero-order valence-corrected chi connectivity index (χ0v) is 24.3. The van der Waals surface area contributed by atoms with Crippen LogP contribution in [0, 0.1) is 18.6 Å². The molecule has 0 spiro atoms. The number of carbonyl (C=O) groups excluding carboxylic acids is 2. The van der Waals surface area contributed by atoms with Crippen LogP contribution < -0.4 is 4.90 Å². The zero-order valence-electron chi connectivity index (χ0n) is 24.3. The van der Waals surface area contributed by atoms with Crippen LogP contribution in [0.4, 0.5) is 20.3 Å². The van der Waals surface area contributed by atoms with Gasteiger partial charge in [0.1, 0.15) is 28.9 Å². The number of carbonyl (C=O) groups is 2. The molecule has 1 aliphatic heterocycles. The van der Waals surface area contributed by atoms with Gasteiger partial charge in [0.15, 0.2) is 5.82 Å². The van der Waals surface area contributed by atoms with E-state index in [1.165, 1.54) is 18.2 Å². The lowest BCUT2D eigenvalue weighted by molar-refractivity contribution is -0.128. The van der Waals surface area contributed by atoms with Crippen LogP contribution in [0.15, 0.2) is 54.2 Å². The number of aromatic hydroxyl groups is 1. The van der Waals surface area contributed by atoms with Gasteiger partial charge in [-0.05, 0) is 55.7 Å². The fourth-order valence-corrected chi connectivity index (χ4v) is 5.31. The van der Waals surface area contributed by atoms with Crippen molar-refractivity contribution in [2.24, 2.45) is 4.99 Å². The number of phenolic OH excluding ortho intramolecular Hbond substituents is 1. The molecule has 1 saturated heterocycles. The molecule has 1 aromatic carbocycles. The molecule has 0 radical (unpaired) electrons. The number of nitrogens with zero attached hydrogens (tertiary/aromatic N) is 6. The topological polar surface area (TPSA) is 102 Å². The molecule has 3 aromatic rings. The summed E-state index contributed by atoms with van der Waals surface area (Å²) >= 11 is 0. The molecular weight excluding hydrogens is 542 g/mol. The lowest BCUT2D eigenvalue weighted by Gasteiger charge is -2.41. The third-order valence-corrected chi connectivity index (χ3v) is 7.34. The van der Waals surface area contributed by atoms with Crippen molar-refractivity contribution in [3.05, 3.63) is 77.6 Å². The van der Waals surface area contributed by atoms with Crippen LogP contribution in [0.3, 0.4) is 0 Å². The second-order valence-corrected chi connectivity index (χ2v) is 10.5. The van der Waals surface area contributed by atoms with Crippen molar-refractivity contribution in [1.82, 2.24) is 19.8 Å². The lowest BCUT2D eigenvalue weighted by atomic mass is 10.0. The van der Waals surface area contributed by atoms with Crippen molar-refractivity contribution in [1.29, 1.82) is 0 Å². The molecule has 4 rings (SSSR count). The Morgan fingerprint density at radius 2 is 1.98 bits per heavy atom. The fourth-order valence-electron chi connectivity index (χ4n) is 5.31. The van der Waals surface area contributed by atoms with Crippen molar-refractivity contribution in [2.45, 2.75) is 39.7 Å².